The molecule has 0 aliphatic carbocycles. The van der Waals surface area contributed by atoms with E-state index in [4.69, 9.17) is 17.3 Å². The van der Waals surface area contributed by atoms with Crippen LogP contribution in [-0.4, -0.2) is 5.91 Å². The van der Waals surface area contributed by atoms with Crippen LogP contribution in [0, 0.1) is 0 Å². The number of anilines is 1. The van der Waals surface area contributed by atoms with Crippen LogP contribution < -0.4 is 11.1 Å². The number of carbonyl (C=O) groups is 1. The standard InChI is InChI=1S/C12H11ClN2OS/c13-10-5-6-17-11(10)7-15-9-3-1-8(2-4-9)12(14)16/h1-6,15H,7H2,(H2,14,16). The van der Waals surface area contributed by atoms with Crippen molar-refractivity contribution in [2.75, 3.05) is 5.32 Å². The molecule has 1 heterocycles. The molecule has 5 heteroatoms. The second-order valence-corrected chi connectivity index (χ2v) is 4.89. The maximum atomic E-state index is 10.9. The Labute approximate surface area is 108 Å². The van der Waals surface area contributed by atoms with Gasteiger partial charge in [-0.3, -0.25) is 4.79 Å². The highest BCUT2D eigenvalue weighted by atomic mass is 35.5. The summed E-state index contributed by atoms with van der Waals surface area (Å²) >= 11 is 7.59. The van der Waals surface area contributed by atoms with Gasteiger partial charge in [-0.05, 0) is 35.7 Å². The van der Waals surface area contributed by atoms with Crippen LogP contribution in [0.1, 0.15) is 15.2 Å². The molecule has 0 aliphatic heterocycles. The highest BCUT2D eigenvalue weighted by Crippen LogP contribution is 2.23. The van der Waals surface area contributed by atoms with Gasteiger partial charge in [0.1, 0.15) is 0 Å². The smallest absolute Gasteiger partial charge is 0.248 e. The van der Waals surface area contributed by atoms with Gasteiger partial charge in [-0.25, -0.2) is 0 Å². The molecule has 0 unspecified atom stereocenters. The maximum absolute atomic E-state index is 10.9. The summed E-state index contributed by atoms with van der Waals surface area (Å²) in [7, 11) is 0. The fraction of sp³-hybridized carbons (Fsp3) is 0.0833. The van der Waals surface area contributed by atoms with Crippen molar-refractivity contribution in [1.82, 2.24) is 0 Å². The number of nitrogens with two attached hydrogens (primary N) is 1. The Morgan fingerprint density at radius 3 is 2.53 bits per heavy atom. The molecule has 1 amide bonds. The zero-order valence-electron chi connectivity index (χ0n) is 8.94. The molecule has 88 valence electrons. The first kappa shape index (κ1) is 12.0. The highest BCUT2D eigenvalue weighted by molar-refractivity contribution is 7.10. The van der Waals surface area contributed by atoms with E-state index in [1.54, 1.807) is 23.5 Å². The average Bonchev–Trinajstić information content (AvgIpc) is 2.73. The molecule has 17 heavy (non-hydrogen) atoms. The first-order valence-corrected chi connectivity index (χ1v) is 6.28. The van der Waals surface area contributed by atoms with Gasteiger partial charge >= 0.3 is 0 Å². The van der Waals surface area contributed by atoms with Gasteiger partial charge in [0, 0.05) is 16.1 Å². The molecular formula is C12H11ClN2OS. The summed E-state index contributed by atoms with van der Waals surface area (Å²) in [5, 5.41) is 5.96. The quantitative estimate of drug-likeness (QED) is 0.893. The molecule has 3 nitrogen and oxygen atoms in total. The largest absolute Gasteiger partial charge is 0.380 e. The molecule has 0 radical (unpaired) electrons. The van der Waals surface area contributed by atoms with E-state index in [1.807, 2.05) is 23.6 Å². The monoisotopic (exact) mass is 266 g/mol. The van der Waals surface area contributed by atoms with Crippen molar-refractivity contribution in [2.45, 2.75) is 6.54 Å². The lowest BCUT2D eigenvalue weighted by Crippen LogP contribution is -2.10. The van der Waals surface area contributed by atoms with Crippen LogP contribution in [0.25, 0.3) is 0 Å². The van der Waals surface area contributed by atoms with E-state index in [2.05, 4.69) is 5.32 Å². The third-order valence-electron chi connectivity index (χ3n) is 2.31. The third-order valence-corrected chi connectivity index (χ3v) is 3.70. The Hall–Kier alpha value is -1.52. The van der Waals surface area contributed by atoms with Crippen LogP contribution >= 0.6 is 22.9 Å². The zero-order chi connectivity index (χ0) is 12.3. The van der Waals surface area contributed by atoms with Crippen LogP contribution in [0.4, 0.5) is 5.69 Å². The second kappa shape index (κ2) is 5.21. The molecule has 0 saturated heterocycles. The molecule has 0 aliphatic rings. The van der Waals surface area contributed by atoms with Crippen molar-refractivity contribution in [2.24, 2.45) is 5.73 Å². The van der Waals surface area contributed by atoms with E-state index in [1.165, 1.54) is 0 Å². The SMILES string of the molecule is NC(=O)c1ccc(NCc2sccc2Cl)cc1. The number of primary amides is 1. The normalized spacial score (nSPS) is 10.2. The van der Waals surface area contributed by atoms with E-state index in [0.29, 0.717) is 12.1 Å². The third kappa shape index (κ3) is 2.99. The van der Waals surface area contributed by atoms with E-state index in [-0.39, 0.29) is 0 Å². The van der Waals surface area contributed by atoms with Crippen LogP contribution in [0.2, 0.25) is 5.02 Å². The Kier molecular flexibility index (Phi) is 3.66. The molecule has 3 N–H and O–H groups in total. The summed E-state index contributed by atoms with van der Waals surface area (Å²) < 4.78 is 0. The fourth-order valence-electron chi connectivity index (χ4n) is 1.39. The van der Waals surface area contributed by atoms with Crippen molar-refractivity contribution >= 4 is 34.5 Å². The number of amides is 1. The van der Waals surface area contributed by atoms with Crippen LogP contribution in [0.5, 0.6) is 0 Å². The summed E-state index contributed by atoms with van der Waals surface area (Å²) in [5.74, 6) is -0.419. The minimum absolute atomic E-state index is 0.419. The first-order valence-electron chi connectivity index (χ1n) is 5.02. The van der Waals surface area contributed by atoms with Gasteiger partial charge in [-0.2, -0.15) is 0 Å². The molecule has 0 bridgehead atoms. The van der Waals surface area contributed by atoms with Crippen molar-refractivity contribution in [3.63, 3.8) is 0 Å². The van der Waals surface area contributed by atoms with Gasteiger partial charge in [0.25, 0.3) is 0 Å². The minimum Gasteiger partial charge on any atom is -0.380 e. The van der Waals surface area contributed by atoms with E-state index in [9.17, 15) is 4.79 Å². The van der Waals surface area contributed by atoms with Crippen LogP contribution in [0.3, 0.4) is 0 Å². The summed E-state index contributed by atoms with van der Waals surface area (Å²) in [4.78, 5) is 12.0. The van der Waals surface area contributed by atoms with Crippen LogP contribution in [0.15, 0.2) is 35.7 Å². The molecule has 2 aromatic rings. The van der Waals surface area contributed by atoms with E-state index >= 15 is 0 Å². The summed E-state index contributed by atoms with van der Waals surface area (Å²) in [6, 6.07) is 8.91. The molecule has 1 aromatic heterocycles. The van der Waals surface area contributed by atoms with E-state index in [0.717, 1.165) is 15.6 Å². The molecule has 1 aromatic carbocycles. The number of thiophene rings is 1. The number of nitrogens with one attached hydrogen (secondary N) is 1. The van der Waals surface area contributed by atoms with Crippen molar-refractivity contribution in [3.05, 3.63) is 51.2 Å². The number of rotatable bonds is 4. The summed E-state index contributed by atoms with van der Waals surface area (Å²) in [6.07, 6.45) is 0. The fourth-order valence-corrected chi connectivity index (χ4v) is 2.43. The lowest BCUT2D eigenvalue weighted by molar-refractivity contribution is 0.100. The van der Waals surface area contributed by atoms with Gasteiger partial charge in [-0.15, -0.1) is 11.3 Å². The Morgan fingerprint density at radius 2 is 2.00 bits per heavy atom. The lowest BCUT2D eigenvalue weighted by Gasteiger charge is -2.05. The molecule has 0 saturated carbocycles. The Balaban J connectivity index is 2.00. The molecule has 2 rings (SSSR count). The van der Waals surface area contributed by atoms with Crippen LogP contribution in [-0.2, 0) is 6.54 Å². The molecular weight excluding hydrogens is 256 g/mol. The zero-order valence-corrected chi connectivity index (χ0v) is 10.5. The maximum Gasteiger partial charge on any atom is 0.248 e. The van der Waals surface area contributed by atoms with E-state index < -0.39 is 5.91 Å². The number of hydrogen-bond acceptors (Lipinski definition) is 3. The van der Waals surface area contributed by atoms with Gasteiger partial charge in [0.15, 0.2) is 0 Å². The second-order valence-electron chi connectivity index (χ2n) is 3.49. The number of hydrogen-bond donors (Lipinski definition) is 2. The topological polar surface area (TPSA) is 55.1 Å². The molecule has 0 fully saturated rings. The van der Waals surface area contributed by atoms with Crippen molar-refractivity contribution in [3.8, 4) is 0 Å². The predicted molar refractivity (Wildman–Crippen MR) is 71.6 cm³/mol. The number of halogens is 1. The summed E-state index contributed by atoms with van der Waals surface area (Å²) in [6.45, 7) is 0.673. The minimum atomic E-state index is -0.419. The van der Waals surface area contributed by atoms with Crippen molar-refractivity contribution < 1.29 is 4.79 Å². The molecule has 0 atom stereocenters. The first-order chi connectivity index (χ1) is 8.16. The number of benzene rings is 1. The van der Waals surface area contributed by atoms with Crippen molar-refractivity contribution in [1.29, 1.82) is 0 Å². The number of carbonyl (C=O) groups excluding carboxylic acids is 1. The van der Waals surface area contributed by atoms with Gasteiger partial charge in [0.05, 0.1) is 11.6 Å². The molecule has 0 spiro atoms. The van der Waals surface area contributed by atoms with Gasteiger partial charge < -0.3 is 11.1 Å². The van der Waals surface area contributed by atoms with Gasteiger partial charge in [0.2, 0.25) is 5.91 Å². The Bertz CT molecular complexity index is 522. The lowest BCUT2D eigenvalue weighted by atomic mass is 10.2. The highest BCUT2D eigenvalue weighted by Gasteiger charge is 2.02. The van der Waals surface area contributed by atoms with Gasteiger partial charge in [-0.1, -0.05) is 11.6 Å². The Morgan fingerprint density at radius 1 is 1.29 bits per heavy atom. The predicted octanol–water partition coefficient (Wildman–Crippen LogP) is 3.11. The average molecular weight is 267 g/mol. The summed E-state index contributed by atoms with van der Waals surface area (Å²) in [5.41, 5.74) is 6.59.